The maximum Gasteiger partial charge on any atom is 0.235 e. The number of nitrogens with zero attached hydrogens (tertiary/aromatic N) is 1. The van der Waals surface area contributed by atoms with E-state index in [0.29, 0.717) is 31.1 Å². The molecule has 1 amide bonds. The molecular weight excluding hydrogens is 356 g/mol. The number of aromatic nitrogens is 1. The van der Waals surface area contributed by atoms with Gasteiger partial charge in [-0.05, 0) is 40.9 Å². The first-order chi connectivity index (χ1) is 10.1. The van der Waals surface area contributed by atoms with Crippen LogP contribution >= 0.6 is 27.5 Å². The second-order valence-corrected chi connectivity index (χ2v) is 6.74. The standard InChI is InChI=1S/C15H12BrClN2O2/c16-9-5-8-11(6-10(9)17)18-7-12-13(8)15(14(20)19-12)1-3-21-4-2-15/h5-7H,1-4H2,(H,19,20). The van der Waals surface area contributed by atoms with E-state index < -0.39 is 5.41 Å². The van der Waals surface area contributed by atoms with E-state index in [4.69, 9.17) is 16.3 Å². The summed E-state index contributed by atoms with van der Waals surface area (Å²) in [4.78, 5) is 17.0. The number of hydrogen-bond acceptors (Lipinski definition) is 3. The first-order valence-electron chi connectivity index (χ1n) is 6.79. The molecule has 2 aliphatic heterocycles. The van der Waals surface area contributed by atoms with Crippen LogP contribution in [0.4, 0.5) is 5.69 Å². The number of amides is 1. The molecule has 21 heavy (non-hydrogen) atoms. The summed E-state index contributed by atoms with van der Waals surface area (Å²) in [7, 11) is 0. The Labute approximate surface area is 135 Å². The molecule has 4 nitrogen and oxygen atoms in total. The van der Waals surface area contributed by atoms with E-state index in [9.17, 15) is 4.79 Å². The molecule has 6 heteroatoms. The van der Waals surface area contributed by atoms with Crippen molar-refractivity contribution in [3.63, 3.8) is 0 Å². The Morgan fingerprint density at radius 3 is 2.86 bits per heavy atom. The van der Waals surface area contributed by atoms with E-state index in [1.165, 1.54) is 0 Å². The lowest BCUT2D eigenvalue weighted by Gasteiger charge is -2.32. The largest absolute Gasteiger partial charge is 0.381 e. The lowest BCUT2D eigenvalue weighted by Crippen LogP contribution is -2.40. The van der Waals surface area contributed by atoms with E-state index in [2.05, 4.69) is 26.2 Å². The molecule has 2 aliphatic rings. The van der Waals surface area contributed by atoms with Gasteiger partial charge in [0.2, 0.25) is 5.91 Å². The summed E-state index contributed by atoms with van der Waals surface area (Å²) < 4.78 is 6.26. The molecule has 2 aromatic rings. The highest BCUT2D eigenvalue weighted by atomic mass is 79.9. The predicted octanol–water partition coefficient (Wildman–Crippen LogP) is 3.65. The van der Waals surface area contributed by atoms with E-state index in [0.717, 1.165) is 26.6 Å². The number of rotatable bonds is 0. The topological polar surface area (TPSA) is 51.2 Å². The molecule has 1 fully saturated rings. The normalized spacial score (nSPS) is 19.8. The Morgan fingerprint density at radius 1 is 1.33 bits per heavy atom. The summed E-state index contributed by atoms with van der Waals surface area (Å²) in [5, 5.41) is 4.57. The molecule has 1 aromatic carbocycles. The number of pyridine rings is 1. The molecule has 4 rings (SSSR count). The van der Waals surface area contributed by atoms with Gasteiger partial charge in [-0.15, -0.1) is 0 Å². The second kappa shape index (κ2) is 4.66. The van der Waals surface area contributed by atoms with Crippen molar-refractivity contribution in [2.45, 2.75) is 18.3 Å². The van der Waals surface area contributed by atoms with Crippen LogP contribution in [0.3, 0.4) is 0 Å². The third-order valence-corrected chi connectivity index (χ3v) is 5.61. The van der Waals surface area contributed by atoms with Crippen LogP contribution in [0.15, 0.2) is 22.8 Å². The molecule has 1 aromatic heterocycles. The second-order valence-electron chi connectivity index (χ2n) is 5.48. The average molecular weight is 368 g/mol. The number of fused-ring (bicyclic) bond motifs is 4. The molecule has 1 spiro atoms. The Bertz CT molecular complexity index is 772. The van der Waals surface area contributed by atoms with Crippen molar-refractivity contribution >= 4 is 50.0 Å². The molecular formula is C15H12BrClN2O2. The maximum atomic E-state index is 12.6. The molecule has 1 saturated heterocycles. The number of anilines is 1. The van der Waals surface area contributed by atoms with Crippen LogP contribution in [-0.4, -0.2) is 24.1 Å². The van der Waals surface area contributed by atoms with Crippen molar-refractivity contribution in [3.05, 3.63) is 33.4 Å². The molecule has 108 valence electrons. The molecule has 1 N–H and O–H groups in total. The Balaban J connectivity index is 2.04. The van der Waals surface area contributed by atoms with Crippen molar-refractivity contribution in [1.82, 2.24) is 4.98 Å². The van der Waals surface area contributed by atoms with E-state index in [-0.39, 0.29) is 5.91 Å². The number of hydrogen-bond donors (Lipinski definition) is 1. The zero-order valence-electron chi connectivity index (χ0n) is 11.1. The number of carbonyl (C=O) groups excluding carboxylic acids is 1. The van der Waals surface area contributed by atoms with Crippen LogP contribution in [0.1, 0.15) is 18.4 Å². The van der Waals surface area contributed by atoms with Crippen molar-refractivity contribution in [1.29, 1.82) is 0 Å². The van der Waals surface area contributed by atoms with Gasteiger partial charge in [0, 0.05) is 28.6 Å². The fraction of sp³-hybridized carbons (Fsp3) is 0.333. The number of benzene rings is 1. The quantitative estimate of drug-likeness (QED) is 0.773. The van der Waals surface area contributed by atoms with Crippen molar-refractivity contribution in [2.75, 3.05) is 18.5 Å². The van der Waals surface area contributed by atoms with Crippen LogP contribution in [-0.2, 0) is 14.9 Å². The van der Waals surface area contributed by atoms with Gasteiger partial charge >= 0.3 is 0 Å². The summed E-state index contributed by atoms with van der Waals surface area (Å²) >= 11 is 9.62. The molecule has 0 unspecified atom stereocenters. The van der Waals surface area contributed by atoms with Crippen LogP contribution < -0.4 is 5.32 Å². The summed E-state index contributed by atoms with van der Waals surface area (Å²) in [5.74, 6) is 0.0566. The molecule has 0 radical (unpaired) electrons. The number of ether oxygens (including phenoxy) is 1. The Morgan fingerprint density at radius 2 is 2.10 bits per heavy atom. The molecule has 0 saturated carbocycles. The zero-order valence-corrected chi connectivity index (χ0v) is 13.4. The Kier molecular flexibility index (Phi) is 3.00. The van der Waals surface area contributed by atoms with Crippen LogP contribution in [0.2, 0.25) is 5.02 Å². The van der Waals surface area contributed by atoms with Crippen molar-refractivity contribution in [3.8, 4) is 0 Å². The highest BCUT2D eigenvalue weighted by Crippen LogP contribution is 2.48. The lowest BCUT2D eigenvalue weighted by atomic mass is 9.74. The lowest BCUT2D eigenvalue weighted by molar-refractivity contribution is -0.124. The van der Waals surface area contributed by atoms with Gasteiger partial charge in [0.05, 0.1) is 27.8 Å². The maximum absolute atomic E-state index is 12.6. The first-order valence-corrected chi connectivity index (χ1v) is 7.96. The van der Waals surface area contributed by atoms with Crippen LogP contribution in [0.5, 0.6) is 0 Å². The highest BCUT2D eigenvalue weighted by molar-refractivity contribution is 9.10. The molecule has 3 heterocycles. The predicted molar refractivity (Wildman–Crippen MR) is 84.8 cm³/mol. The van der Waals surface area contributed by atoms with Gasteiger partial charge in [0.15, 0.2) is 0 Å². The van der Waals surface area contributed by atoms with Gasteiger partial charge in [-0.1, -0.05) is 11.6 Å². The third kappa shape index (κ3) is 1.84. The third-order valence-electron chi connectivity index (χ3n) is 4.42. The minimum atomic E-state index is -0.498. The van der Waals surface area contributed by atoms with Gasteiger partial charge in [-0.2, -0.15) is 0 Å². The highest BCUT2D eigenvalue weighted by Gasteiger charge is 2.48. The molecule has 0 bridgehead atoms. The fourth-order valence-corrected chi connectivity index (χ4v) is 3.85. The van der Waals surface area contributed by atoms with Gasteiger partial charge in [0.25, 0.3) is 0 Å². The zero-order chi connectivity index (χ0) is 14.6. The molecule has 0 atom stereocenters. The van der Waals surface area contributed by atoms with Crippen molar-refractivity contribution in [2.24, 2.45) is 0 Å². The van der Waals surface area contributed by atoms with Crippen molar-refractivity contribution < 1.29 is 9.53 Å². The number of carbonyl (C=O) groups is 1. The average Bonchev–Trinajstić information content (AvgIpc) is 2.74. The minimum absolute atomic E-state index is 0.0566. The number of halogens is 2. The summed E-state index contributed by atoms with van der Waals surface area (Å²) in [6.07, 6.45) is 3.13. The fourth-order valence-electron chi connectivity index (χ4n) is 3.35. The molecule has 0 aliphatic carbocycles. The first kappa shape index (κ1) is 13.5. The van der Waals surface area contributed by atoms with Gasteiger partial charge in [-0.25, -0.2) is 0 Å². The van der Waals surface area contributed by atoms with Crippen LogP contribution in [0.25, 0.3) is 10.9 Å². The van der Waals surface area contributed by atoms with Gasteiger partial charge < -0.3 is 10.1 Å². The van der Waals surface area contributed by atoms with Crippen LogP contribution in [0, 0.1) is 0 Å². The summed E-state index contributed by atoms with van der Waals surface area (Å²) in [6.45, 7) is 1.21. The van der Waals surface area contributed by atoms with E-state index in [1.54, 1.807) is 6.20 Å². The minimum Gasteiger partial charge on any atom is -0.381 e. The van der Waals surface area contributed by atoms with Gasteiger partial charge in [-0.3, -0.25) is 9.78 Å². The van der Waals surface area contributed by atoms with E-state index >= 15 is 0 Å². The smallest absolute Gasteiger partial charge is 0.235 e. The summed E-state index contributed by atoms with van der Waals surface area (Å²) in [6, 6.07) is 3.79. The number of nitrogens with one attached hydrogen (secondary N) is 1. The summed E-state index contributed by atoms with van der Waals surface area (Å²) in [5.41, 5.74) is 2.16. The Hall–Kier alpha value is -1.17. The SMILES string of the molecule is O=C1Nc2cnc3cc(Cl)c(Br)cc3c2C12CCOCC2. The van der Waals surface area contributed by atoms with E-state index in [1.807, 2.05) is 12.1 Å². The monoisotopic (exact) mass is 366 g/mol. The van der Waals surface area contributed by atoms with Gasteiger partial charge in [0.1, 0.15) is 0 Å².